The average molecular weight is 174 g/mol. The maximum Gasteiger partial charge on any atom is 0.0583 e. The number of hydrogen-bond acceptors (Lipinski definition) is 2. The topological polar surface area (TPSA) is 24.1 Å². The Bertz CT molecular complexity index is 353. The van der Waals surface area contributed by atoms with E-state index in [2.05, 4.69) is 35.8 Å². The Balaban J connectivity index is 2.02. The molecule has 2 aliphatic rings. The SMILES string of the molecule is Cc1ccc2c(c1)NC1(CC1)CN2. The zero-order valence-electron chi connectivity index (χ0n) is 7.85. The fourth-order valence-corrected chi connectivity index (χ4v) is 1.96. The number of nitrogens with one attached hydrogen (secondary N) is 2. The smallest absolute Gasteiger partial charge is 0.0583 e. The van der Waals surface area contributed by atoms with Gasteiger partial charge in [-0.05, 0) is 37.5 Å². The van der Waals surface area contributed by atoms with Gasteiger partial charge in [0.1, 0.15) is 0 Å². The zero-order valence-corrected chi connectivity index (χ0v) is 7.85. The second kappa shape index (κ2) is 2.19. The van der Waals surface area contributed by atoms with Crippen molar-refractivity contribution in [2.24, 2.45) is 0 Å². The molecular weight excluding hydrogens is 160 g/mol. The van der Waals surface area contributed by atoms with E-state index in [0.29, 0.717) is 5.54 Å². The molecule has 0 radical (unpaired) electrons. The quantitative estimate of drug-likeness (QED) is 0.631. The van der Waals surface area contributed by atoms with Crippen molar-refractivity contribution < 1.29 is 0 Å². The van der Waals surface area contributed by atoms with Gasteiger partial charge in [0.2, 0.25) is 0 Å². The van der Waals surface area contributed by atoms with Gasteiger partial charge in [-0.15, -0.1) is 0 Å². The molecule has 1 aromatic carbocycles. The normalized spacial score (nSPS) is 21.6. The van der Waals surface area contributed by atoms with Crippen molar-refractivity contribution in [3.8, 4) is 0 Å². The summed E-state index contributed by atoms with van der Waals surface area (Å²) in [5.41, 5.74) is 4.26. The highest BCUT2D eigenvalue weighted by molar-refractivity contribution is 5.73. The highest BCUT2D eigenvalue weighted by atomic mass is 15.1. The van der Waals surface area contributed by atoms with Crippen LogP contribution in [0.5, 0.6) is 0 Å². The summed E-state index contributed by atoms with van der Waals surface area (Å²) in [5, 5.41) is 7.11. The van der Waals surface area contributed by atoms with Crippen LogP contribution in [0.1, 0.15) is 18.4 Å². The first-order valence-corrected chi connectivity index (χ1v) is 4.90. The van der Waals surface area contributed by atoms with Gasteiger partial charge in [0.05, 0.1) is 16.9 Å². The first-order chi connectivity index (χ1) is 6.27. The predicted octanol–water partition coefficient (Wildman–Crippen LogP) is 2.37. The molecule has 1 saturated carbocycles. The molecule has 0 bridgehead atoms. The van der Waals surface area contributed by atoms with Gasteiger partial charge >= 0.3 is 0 Å². The third-order valence-electron chi connectivity index (χ3n) is 3.05. The van der Waals surface area contributed by atoms with Crippen LogP contribution >= 0.6 is 0 Å². The maximum absolute atomic E-state index is 3.63. The predicted molar refractivity (Wildman–Crippen MR) is 55.3 cm³/mol. The van der Waals surface area contributed by atoms with Crippen LogP contribution in [0.4, 0.5) is 11.4 Å². The summed E-state index contributed by atoms with van der Waals surface area (Å²) < 4.78 is 0. The Morgan fingerprint density at radius 3 is 2.85 bits per heavy atom. The summed E-state index contributed by atoms with van der Waals surface area (Å²) in [6.45, 7) is 3.22. The molecule has 1 spiro atoms. The van der Waals surface area contributed by atoms with Gasteiger partial charge in [-0.1, -0.05) is 6.07 Å². The van der Waals surface area contributed by atoms with Crippen molar-refractivity contribution >= 4 is 11.4 Å². The Morgan fingerprint density at radius 2 is 2.08 bits per heavy atom. The van der Waals surface area contributed by atoms with Crippen LogP contribution in [0.3, 0.4) is 0 Å². The number of benzene rings is 1. The zero-order chi connectivity index (χ0) is 8.89. The molecule has 2 nitrogen and oxygen atoms in total. The number of aryl methyl sites for hydroxylation is 1. The maximum atomic E-state index is 3.63. The monoisotopic (exact) mass is 174 g/mol. The summed E-state index contributed by atoms with van der Waals surface area (Å²) in [7, 11) is 0. The van der Waals surface area contributed by atoms with Crippen LogP contribution < -0.4 is 10.6 Å². The number of hydrogen-bond donors (Lipinski definition) is 2. The largest absolute Gasteiger partial charge is 0.381 e. The molecule has 1 aliphatic heterocycles. The van der Waals surface area contributed by atoms with E-state index >= 15 is 0 Å². The average Bonchev–Trinajstić information content (AvgIpc) is 2.84. The van der Waals surface area contributed by atoms with Crippen LogP contribution in [0.2, 0.25) is 0 Å². The van der Waals surface area contributed by atoms with Crippen molar-refractivity contribution in [1.29, 1.82) is 0 Å². The molecule has 3 rings (SSSR count). The van der Waals surface area contributed by atoms with Gasteiger partial charge in [0, 0.05) is 6.54 Å². The van der Waals surface area contributed by atoms with Crippen molar-refractivity contribution in [2.45, 2.75) is 25.3 Å². The third-order valence-corrected chi connectivity index (χ3v) is 3.05. The van der Waals surface area contributed by atoms with Crippen molar-refractivity contribution in [3.05, 3.63) is 23.8 Å². The highest BCUT2D eigenvalue weighted by Gasteiger charge is 2.44. The van der Waals surface area contributed by atoms with Gasteiger partial charge in [0.15, 0.2) is 0 Å². The van der Waals surface area contributed by atoms with Crippen LogP contribution in [0.15, 0.2) is 18.2 Å². The molecule has 2 N–H and O–H groups in total. The van der Waals surface area contributed by atoms with E-state index in [-0.39, 0.29) is 0 Å². The first-order valence-electron chi connectivity index (χ1n) is 4.90. The van der Waals surface area contributed by atoms with E-state index in [1.807, 2.05) is 0 Å². The molecule has 0 unspecified atom stereocenters. The molecule has 0 amide bonds. The van der Waals surface area contributed by atoms with Crippen LogP contribution in [0.25, 0.3) is 0 Å². The molecule has 1 heterocycles. The molecule has 2 heteroatoms. The van der Waals surface area contributed by atoms with Gasteiger partial charge in [0.25, 0.3) is 0 Å². The number of fused-ring (bicyclic) bond motifs is 1. The third kappa shape index (κ3) is 1.09. The van der Waals surface area contributed by atoms with E-state index < -0.39 is 0 Å². The van der Waals surface area contributed by atoms with Crippen molar-refractivity contribution in [3.63, 3.8) is 0 Å². The Hall–Kier alpha value is -1.18. The molecule has 0 aromatic heterocycles. The van der Waals surface area contributed by atoms with Crippen LogP contribution in [0, 0.1) is 6.92 Å². The number of anilines is 2. The second-order valence-corrected chi connectivity index (χ2v) is 4.31. The molecule has 68 valence electrons. The minimum Gasteiger partial charge on any atom is -0.381 e. The first kappa shape index (κ1) is 7.25. The fourth-order valence-electron chi connectivity index (χ4n) is 1.96. The molecule has 0 saturated heterocycles. The lowest BCUT2D eigenvalue weighted by atomic mass is 10.1. The summed E-state index contributed by atoms with van der Waals surface area (Å²) in [6, 6.07) is 6.53. The van der Waals surface area contributed by atoms with Gasteiger partial charge in [-0.2, -0.15) is 0 Å². The Labute approximate surface area is 78.3 Å². The molecule has 13 heavy (non-hydrogen) atoms. The lowest BCUT2D eigenvalue weighted by Crippen LogP contribution is -2.34. The summed E-state index contributed by atoms with van der Waals surface area (Å²) >= 11 is 0. The van der Waals surface area contributed by atoms with E-state index in [1.54, 1.807) is 0 Å². The molecular formula is C11H14N2. The van der Waals surface area contributed by atoms with Crippen molar-refractivity contribution in [2.75, 3.05) is 17.2 Å². The van der Waals surface area contributed by atoms with Crippen molar-refractivity contribution in [1.82, 2.24) is 0 Å². The standard InChI is InChI=1S/C11H14N2/c1-8-2-3-9-10(6-8)13-11(4-5-11)7-12-9/h2-3,6,12-13H,4-5,7H2,1H3. The Morgan fingerprint density at radius 1 is 1.23 bits per heavy atom. The van der Waals surface area contributed by atoms with Crippen LogP contribution in [-0.2, 0) is 0 Å². The molecule has 0 atom stereocenters. The van der Waals surface area contributed by atoms with Gasteiger partial charge in [-0.25, -0.2) is 0 Å². The summed E-state index contributed by atoms with van der Waals surface area (Å²) in [6.07, 6.45) is 2.63. The lowest BCUT2D eigenvalue weighted by molar-refractivity contribution is 0.755. The second-order valence-electron chi connectivity index (χ2n) is 4.31. The highest BCUT2D eigenvalue weighted by Crippen LogP contribution is 2.44. The van der Waals surface area contributed by atoms with E-state index in [4.69, 9.17) is 0 Å². The van der Waals surface area contributed by atoms with Gasteiger partial charge in [-0.3, -0.25) is 0 Å². The fraction of sp³-hybridized carbons (Fsp3) is 0.455. The van der Waals surface area contributed by atoms with E-state index in [0.717, 1.165) is 6.54 Å². The minimum absolute atomic E-state index is 0.404. The molecule has 1 fully saturated rings. The van der Waals surface area contributed by atoms with Gasteiger partial charge < -0.3 is 10.6 Å². The van der Waals surface area contributed by atoms with E-state index in [9.17, 15) is 0 Å². The molecule has 1 aliphatic carbocycles. The lowest BCUT2D eigenvalue weighted by Gasteiger charge is -2.28. The summed E-state index contributed by atoms with van der Waals surface area (Å²) in [4.78, 5) is 0. The van der Waals surface area contributed by atoms with E-state index in [1.165, 1.54) is 29.8 Å². The molecule has 1 aromatic rings. The Kier molecular flexibility index (Phi) is 1.22. The van der Waals surface area contributed by atoms with Crippen LogP contribution in [-0.4, -0.2) is 12.1 Å². The minimum atomic E-state index is 0.404. The summed E-state index contributed by atoms with van der Waals surface area (Å²) in [5.74, 6) is 0. The number of rotatable bonds is 0.